The first-order valence-electron chi connectivity index (χ1n) is 5.00. The first-order valence-corrected chi connectivity index (χ1v) is 5.37. The molecule has 0 aliphatic rings. The van der Waals surface area contributed by atoms with E-state index in [2.05, 4.69) is 12.0 Å². The van der Waals surface area contributed by atoms with E-state index in [4.69, 9.17) is 16.7 Å². The Balaban J connectivity index is 2.76. The number of aryl methyl sites for hydroxylation is 1. The van der Waals surface area contributed by atoms with Crippen molar-refractivity contribution in [1.29, 1.82) is 0 Å². The third-order valence-electron chi connectivity index (χ3n) is 2.19. The van der Waals surface area contributed by atoms with Gasteiger partial charge in [0.1, 0.15) is 0 Å². The van der Waals surface area contributed by atoms with Gasteiger partial charge in [-0.05, 0) is 18.8 Å². The van der Waals surface area contributed by atoms with Gasteiger partial charge in [-0.15, -0.1) is 0 Å². The van der Waals surface area contributed by atoms with Crippen molar-refractivity contribution in [3.63, 3.8) is 0 Å². The van der Waals surface area contributed by atoms with Crippen LogP contribution >= 0.6 is 11.6 Å². The molecule has 1 aromatic rings. The molecule has 1 rings (SSSR count). The second-order valence-corrected chi connectivity index (χ2v) is 4.06. The molecule has 0 saturated carbocycles. The van der Waals surface area contributed by atoms with Crippen LogP contribution in [0.2, 0.25) is 5.02 Å². The van der Waals surface area contributed by atoms with E-state index in [9.17, 15) is 0 Å². The van der Waals surface area contributed by atoms with Crippen molar-refractivity contribution in [2.75, 3.05) is 6.61 Å². The van der Waals surface area contributed by atoms with Gasteiger partial charge in [-0.3, -0.25) is 4.68 Å². The van der Waals surface area contributed by atoms with Crippen molar-refractivity contribution >= 4 is 11.6 Å². The highest BCUT2D eigenvalue weighted by molar-refractivity contribution is 6.31. The van der Waals surface area contributed by atoms with E-state index in [1.165, 1.54) is 0 Å². The van der Waals surface area contributed by atoms with Crippen LogP contribution < -0.4 is 0 Å². The zero-order chi connectivity index (χ0) is 10.6. The molecule has 1 aromatic heterocycles. The highest BCUT2D eigenvalue weighted by Crippen LogP contribution is 2.19. The summed E-state index contributed by atoms with van der Waals surface area (Å²) < 4.78 is 1.93. The molecule has 0 saturated heterocycles. The third kappa shape index (κ3) is 2.72. The van der Waals surface area contributed by atoms with Gasteiger partial charge in [0.15, 0.2) is 0 Å². The lowest BCUT2D eigenvalue weighted by molar-refractivity contribution is 0.235. The summed E-state index contributed by atoms with van der Waals surface area (Å²) >= 11 is 6.02. The molecule has 0 aliphatic heterocycles. The predicted molar refractivity (Wildman–Crippen MR) is 57.5 cm³/mol. The molecule has 0 radical (unpaired) electrons. The second kappa shape index (κ2) is 5.37. The summed E-state index contributed by atoms with van der Waals surface area (Å²) in [6.45, 7) is 5.18. The monoisotopic (exact) mass is 216 g/mol. The molecule has 0 amide bonds. The number of hydrogen-bond acceptors (Lipinski definition) is 2. The average Bonchev–Trinajstić information content (AvgIpc) is 2.50. The summed E-state index contributed by atoms with van der Waals surface area (Å²) in [5, 5.41) is 13.9. The minimum absolute atomic E-state index is 0.188. The smallest absolute Gasteiger partial charge is 0.0817 e. The molecule has 1 heterocycles. The molecule has 4 heteroatoms. The Labute approximate surface area is 89.7 Å². The fraction of sp³-hybridized carbons (Fsp3) is 0.700. The molecule has 0 aromatic carbocycles. The van der Waals surface area contributed by atoms with E-state index in [0.717, 1.165) is 25.1 Å². The maximum atomic E-state index is 8.97. The molecule has 0 aliphatic carbocycles. The minimum atomic E-state index is 0.188. The molecule has 1 N–H and O–H groups in total. The fourth-order valence-electron chi connectivity index (χ4n) is 1.39. The highest BCUT2D eigenvalue weighted by atomic mass is 35.5. The lowest BCUT2D eigenvalue weighted by Gasteiger charge is -2.10. The van der Waals surface area contributed by atoms with E-state index in [1.807, 2.05) is 11.6 Å². The van der Waals surface area contributed by atoms with Crippen LogP contribution in [-0.4, -0.2) is 21.5 Å². The zero-order valence-electron chi connectivity index (χ0n) is 8.70. The van der Waals surface area contributed by atoms with Crippen LogP contribution in [-0.2, 0) is 13.0 Å². The molecule has 14 heavy (non-hydrogen) atoms. The zero-order valence-corrected chi connectivity index (χ0v) is 9.46. The van der Waals surface area contributed by atoms with E-state index < -0.39 is 0 Å². The Hall–Kier alpha value is -0.540. The van der Waals surface area contributed by atoms with Gasteiger partial charge >= 0.3 is 0 Å². The summed E-state index contributed by atoms with van der Waals surface area (Å²) in [5.41, 5.74) is 1.04. The average molecular weight is 217 g/mol. The van der Waals surface area contributed by atoms with Crippen LogP contribution in [0.15, 0.2) is 6.20 Å². The Morgan fingerprint density at radius 3 is 2.93 bits per heavy atom. The molecule has 0 spiro atoms. The van der Waals surface area contributed by atoms with Crippen molar-refractivity contribution in [3.05, 3.63) is 16.9 Å². The lowest BCUT2D eigenvalue weighted by atomic mass is 10.1. The number of aliphatic hydroxyl groups excluding tert-OH is 1. The number of hydrogen-bond donors (Lipinski definition) is 1. The number of aliphatic hydroxyl groups is 1. The number of rotatable bonds is 5. The molecular formula is C10H17ClN2O. The van der Waals surface area contributed by atoms with Crippen molar-refractivity contribution in [1.82, 2.24) is 9.78 Å². The summed E-state index contributed by atoms with van der Waals surface area (Å²) in [4.78, 5) is 0. The Morgan fingerprint density at radius 2 is 2.36 bits per heavy atom. The summed E-state index contributed by atoms with van der Waals surface area (Å²) in [6.07, 6.45) is 3.50. The van der Waals surface area contributed by atoms with Gasteiger partial charge < -0.3 is 5.11 Å². The quantitative estimate of drug-likeness (QED) is 0.819. The van der Waals surface area contributed by atoms with E-state index >= 15 is 0 Å². The van der Waals surface area contributed by atoms with Gasteiger partial charge in [0.25, 0.3) is 0 Å². The molecule has 80 valence electrons. The van der Waals surface area contributed by atoms with Gasteiger partial charge in [0, 0.05) is 13.2 Å². The Morgan fingerprint density at radius 1 is 1.64 bits per heavy atom. The number of nitrogens with zero attached hydrogens (tertiary/aromatic N) is 2. The molecule has 0 bridgehead atoms. The van der Waals surface area contributed by atoms with Gasteiger partial charge in [-0.2, -0.15) is 5.10 Å². The van der Waals surface area contributed by atoms with Gasteiger partial charge in [-0.25, -0.2) is 0 Å². The van der Waals surface area contributed by atoms with Crippen LogP contribution in [0.1, 0.15) is 26.0 Å². The van der Waals surface area contributed by atoms with Crippen LogP contribution in [0.25, 0.3) is 0 Å². The van der Waals surface area contributed by atoms with Crippen LogP contribution in [0, 0.1) is 5.92 Å². The van der Waals surface area contributed by atoms with Crippen LogP contribution in [0.4, 0.5) is 0 Å². The largest absolute Gasteiger partial charge is 0.396 e. The predicted octanol–water partition coefficient (Wildman–Crippen LogP) is 2.12. The third-order valence-corrected chi connectivity index (χ3v) is 2.50. The Kier molecular flexibility index (Phi) is 4.42. The SMILES string of the molecule is CCCn1ncc(Cl)c1CC(C)CO. The summed E-state index contributed by atoms with van der Waals surface area (Å²) in [5.74, 6) is 0.236. The molecule has 3 nitrogen and oxygen atoms in total. The normalized spacial score (nSPS) is 13.1. The van der Waals surface area contributed by atoms with Gasteiger partial charge in [0.2, 0.25) is 0 Å². The first-order chi connectivity index (χ1) is 6.69. The van der Waals surface area contributed by atoms with Crippen LogP contribution in [0.3, 0.4) is 0 Å². The number of halogens is 1. The van der Waals surface area contributed by atoms with Crippen molar-refractivity contribution < 1.29 is 5.11 Å². The van der Waals surface area contributed by atoms with Crippen molar-refractivity contribution in [2.24, 2.45) is 5.92 Å². The second-order valence-electron chi connectivity index (χ2n) is 3.65. The standard InChI is InChI=1S/C10H17ClN2O/c1-3-4-13-10(5-8(2)7-14)9(11)6-12-13/h6,8,14H,3-5,7H2,1-2H3. The summed E-state index contributed by atoms with van der Waals surface area (Å²) in [7, 11) is 0. The minimum Gasteiger partial charge on any atom is -0.396 e. The maximum absolute atomic E-state index is 8.97. The van der Waals surface area contributed by atoms with Crippen LogP contribution in [0.5, 0.6) is 0 Å². The van der Waals surface area contributed by atoms with E-state index in [0.29, 0.717) is 5.02 Å². The van der Waals surface area contributed by atoms with Crippen molar-refractivity contribution in [3.8, 4) is 0 Å². The fourth-order valence-corrected chi connectivity index (χ4v) is 1.61. The summed E-state index contributed by atoms with van der Waals surface area (Å²) in [6, 6.07) is 0. The van der Waals surface area contributed by atoms with E-state index in [-0.39, 0.29) is 12.5 Å². The lowest BCUT2D eigenvalue weighted by Crippen LogP contribution is -2.11. The molecule has 1 atom stereocenters. The molecular weight excluding hydrogens is 200 g/mol. The topological polar surface area (TPSA) is 38.0 Å². The number of aromatic nitrogens is 2. The molecule has 0 fully saturated rings. The van der Waals surface area contributed by atoms with Gasteiger partial charge in [-0.1, -0.05) is 25.4 Å². The highest BCUT2D eigenvalue weighted by Gasteiger charge is 2.11. The molecule has 1 unspecified atom stereocenters. The Bertz CT molecular complexity index is 286. The van der Waals surface area contributed by atoms with Gasteiger partial charge in [0.05, 0.1) is 16.9 Å². The maximum Gasteiger partial charge on any atom is 0.0817 e. The van der Waals surface area contributed by atoms with E-state index in [1.54, 1.807) is 6.20 Å². The van der Waals surface area contributed by atoms with Crippen molar-refractivity contribution in [2.45, 2.75) is 33.2 Å². The first kappa shape index (κ1) is 11.5.